The molecule has 25 heavy (non-hydrogen) atoms. The highest BCUT2D eigenvalue weighted by molar-refractivity contribution is 5.96. The molecule has 0 atom stereocenters. The second kappa shape index (κ2) is 7.34. The Morgan fingerprint density at radius 2 is 1.84 bits per heavy atom. The van der Waals surface area contributed by atoms with Crippen molar-refractivity contribution in [1.29, 1.82) is 0 Å². The fourth-order valence-electron chi connectivity index (χ4n) is 2.76. The molecule has 0 aromatic heterocycles. The number of carbonyl (C=O) groups is 2. The molecule has 1 fully saturated rings. The lowest BCUT2D eigenvalue weighted by molar-refractivity contribution is -0.121. The number of nitrogens with one attached hydrogen (secondary N) is 1. The van der Waals surface area contributed by atoms with Crippen LogP contribution in [0, 0.1) is 12.7 Å². The molecule has 3 amide bonds. The van der Waals surface area contributed by atoms with Gasteiger partial charge in [0.1, 0.15) is 12.4 Å². The highest BCUT2D eigenvalue weighted by atomic mass is 19.1. The lowest BCUT2D eigenvalue weighted by Gasteiger charge is -2.18. The predicted octanol–water partition coefficient (Wildman–Crippen LogP) is 2.69. The molecule has 0 spiro atoms. The topological polar surface area (TPSA) is 52.6 Å². The van der Waals surface area contributed by atoms with E-state index in [-0.39, 0.29) is 30.8 Å². The highest BCUT2D eigenvalue weighted by Crippen LogP contribution is 2.20. The number of rotatable bonds is 5. The lowest BCUT2D eigenvalue weighted by Crippen LogP contribution is -2.39. The normalized spacial score (nSPS) is 14.1. The summed E-state index contributed by atoms with van der Waals surface area (Å²) in [6.07, 6.45) is 0. The van der Waals surface area contributed by atoms with Crippen LogP contribution >= 0.6 is 0 Å². The van der Waals surface area contributed by atoms with Crippen molar-refractivity contribution in [3.63, 3.8) is 0 Å². The molecule has 2 aromatic rings. The molecule has 1 aliphatic rings. The molecule has 1 heterocycles. The lowest BCUT2D eigenvalue weighted by atomic mass is 10.2. The molecule has 0 aliphatic carbocycles. The van der Waals surface area contributed by atoms with Crippen molar-refractivity contribution >= 4 is 17.6 Å². The Kier molecular flexibility index (Phi) is 4.97. The average Bonchev–Trinajstić information content (AvgIpc) is 2.96. The van der Waals surface area contributed by atoms with Gasteiger partial charge in [0.25, 0.3) is 0 Å². The van der Waals surface area contributed by atoms with Crippen LogP contribution in [-0.4, -0.2) is 36.5 Å². The van der Waals surface area contributed by atoms with Gasteiger partial charge in [-0.2, -0.15) is 0 Å². The minimum Gasteiger partial charge on any atom is -0.350 e. The van der Waals surface area contributed by atoms with Crippen molar-refractivity contribution < 1.29 is 14.0 Å². The second-order valence-corrected chi connectivity index (χ2v) is 6.06. The van der Waals surface area contributed by atoms with Crippen LogP contribution in [0.2, 0.25) is 0 Å². The maximum absolute atomic E-state index is 13.6. The van der Waals surface area contributed by atoms with E-state index in [2.05, 4.69) is 5.32 Å². The van der Waals surface area contributed by atoms with Crippen molar-refractivity contribution in [3.05, 3.63) is 65.5 Å². The minimum atomic E-state index is -0.356. The van der Waals surface area contributed by atoms with Gasteiger partial charge in [-0.1, -0.05) is 35.9 Å². The van der Waals surface area contributed by atoms with Gasteiger partial charge < -0.3 is 10.2 Å². The number of anilines is 1. The number of aryl methyl sites for hydroxylation is 1. The molecule has 1 saturated heterocycles. The zero-order chi connectivity index (χ0) is 17.8. The number of halogens is 1. The Balaban J connectivity index is 1.55. The van der Waals surface area contributed by atoms with Crippen LogP contribution in [0.4, 0.5) is 14.9 Å². The van der Waals surface area contributed by atoms with Gasteiger partial charge in [0, 0.05) is 30.9 Å². The van der Waals surface area contributed by atoms with Crippen LogP contribution in [0.3, 0.4) is 0 Å². The Morgan fingerprint density at radius 3 is 2.56 bits per heavy atom. The number of hydrogen-bond acceptors (Lipinski definition) is 2. The maximum atomic E-state index is 13.6. The molecule has 0 unspecified atom stereocenters. The van der Waals surface area contributed by atoms with Gasteiger partial charge in [-0.25, -0.2) is 9.18 Å². The Morgan fingerprint density at radius 1 is 1.12 bits per heavy atom. The van der Waals surface area contributed by atoms with Crippen LogP contribution in [0.15, 0.2) is 48.5 Å². The van der Waals surface area contributed by atoms with E-state index < -0.39 is 0 Å². The van der Waals surface area contributed by atoms with E-state index in [1.165, 1.54) is 11.0 Å². The van der Waals surface area contributed by atoms with Gasteiger partial charge in [-0.15, -0.1) is 0 Å². The zero-order valence-corrected chi connectivity index (χ0v) is 14.0. The summed E-state index contributed by atoms with van der Waals surface area (Å²) in [5.74, 6) is -0.659. The average molecular weight is 341 g/mol. The van der Waals surface area contributed by atoms with Crippen LogP contribution in [-0.2, 0) is 11.3 Å². The van der Waals surface area contributed by atoms with Gasteiger partial charge in [0.15, 0.2) is 0 Å². The number of hydrogen-bond donors (Lipinski definition) is 1. The van der Waals surface area contributed by atoms with Crippen molar-refractivity contribution in [2.75, 3.05) is 24.5 Å². The molecule has 2 aromatic carbocycles. The van der Waals surface area contributed by atoms with Crippen molar-refractivity contribution in [1.82, 2.24) is 10.2 Å². The van der Waals surface area contributed by atoms with E-state index in [1.807, 2.05) is 31.2 Å². The third-order valence-corrected chi connectivity index (χ3v) is 4.21. The monoisotopic (exact) mass is 341 g/mol. The van der Waals surface area contributed by atoms with E-state index in [0.29, 0.717) is 18.7 Å². The fraction of sp³-hybridized carbons (Fsp3) is 0.263. The fourth-order valence-corrected chi connectivity index (χ4v) is 2.76. The summed E-state index contributed by atoms with van der Waals surface area (Å²) in [6.45, 7) is 3.09. The number of urea groups is 1. The molecule has 0 saturated carbocycles. The van der Waals surface area contributed by atoms with Gasteiger partial charge in [0.05, 0.1) is 0 Å². The highest BCUT2D eigenvalue weighted by Gasteiger charge is 2.30. The van der Waals surface area contributed by atoms with Crippen molar-refractivity contribution in [2.24, 2.45) is 0 Å². The molecule has 0 radical (unpaired) electrons. The standard InChI is InChI=1S/C19H20FN3O2/c1-14-6-8-16(9-7-14)23-11-10-22(19(23)25)13-18(24)21-12-15-4-2-3-5-17(15)20/h2-9H,10-13H2,1H3,(H,21,24). The minimum absolute atomic E-state index is 0.0321. The summed E-state index contributed by atoms with van der Waals surface area (Å²) in [7, 11) is 0. The van der Waals surface area contributed by atoms with Crippen LogP contribution in [0.5, 0.6) is 0 Å². The first-order valence-electron chi connectivity index (χ1n) is 8.18. The second-order valence-electron chi connectivity index (χ2n) is 6.06. The largest absolute Gasteiger partial charge is 0.350 e. The smallest absolute Gasteiger partial charge is 0.325 e. The van der Waals surface area contributed by atoms with E-state index in [9.17, 15) is 14.0 Å². The van der Waals surface area contributed by atoms with E-state index in [0.717, 1.165) is 11.3 Å². The molecule has 1 N–H and O–H groups in total. The van der Waals surface area contributed by atoms with Gasteiger partial charge in [-0.3, -0.25) is 9.69 Å². The summed E-state index contributed by atoms with van der Waals surface area (Å²) in [5, 5.41) is 2.66. The van der Waals surface area contributed by atoms with Gasteiger partial charge in [0.2, 0.25) is 5.91 Å². The van der Waals surface area contributed by atoms with Gasteiger partial charge >= 0.3 is 6.03 Å². The quantitative estimate of drug-likeness (QED) is 0.909. The SMILES string of the molecule is Cc1ccc(N2CCN(CC(=O)NCc3ccccc3F)C2=O)cc1. The summed E-state index contributed by atoms with van der Waals surface area (Å²) >= 11 is 0. The zero-order valence-electron chi connectivity index (χ0n) is 14.0. The molecular formula is C19H20FN3O2. The Bertz CT molecular complexity index is 776. The summed E-state index contributed by atoms with van der Waals surface area (Å²) in [4.78, 5) is 27.7. The number of benzene rings is 2. The number of nitrogens with zero attached hydrogens (tertiary/aromatic N) is 2. The maximum Gasteiger partial charge on any atom is 0.325 e. The molecule has 1 aliphatic heterocycles. The number of amides is 3. The predicted molar refractivity (Wildman–Crippen MR) is 93.7 cm³/mol. The van der Waals surface area contributed by atoms with Crippen molar-refractivity contribution in [2.45, 2.75) is 13.5 Å². The summed E-state index contributed by atoms with van der Waals surface area (Å²) in [5.41, 5.74) is 2.37. The van der Waals surface area contributed by atoms with Crippen molar-refractivity contribution in [3.8, 4) is 0 Å². The molecule has 0 bridgehead atoms. The van der Waals surface area contributed by atoms with E-state index in [4.69, 9.17) is 0 Å². The number of carbonyl (C=O) groups excluding carboxylic acids is 2. The molecule has 3 rings (SSSR count). The first-order valence-corrected chi connectivity index (χ1v) is 8.18. The van der Waals surface area contributed by atoms with E-state index >= 15 is 0 Å². The third kappa shape index (κ3) is 3.96. The van der Waals surface area contributed by atoms with Crippen LogP contribution < -0.4 is 10.2 Å². The van der Waals surface area contributed by atoms with Crippen LogP contribution in [0.25, 0.3) is 0 Å². The summed E-state index contributed by atoms with van der Waals surface area (Å²) < 4.78 is 13.6. The first kappa shape index (κ1) is 17.0. The first-order chi connectivity index (χ1) is 12.0. The van der Waals surface area contributed by atoms with E-state index in [1.54, 1.807) is 23.1 Å². The van der Waals surface area contributed by atoms with Crippen LogP contribution in [0.1, 0.15) is 11.1 Å². The third-order valence-electron chi connectivity index (χ3n) is 4.21. The Labute approximate surface area is 146 Å². The molecule has 130 valence electrons. The summed E-state index contributed by atoms with van der Waals surface area (Å²) in [6, 6.07) is 13.8. The molecule has 5 nitrogen and oxygen atoms in total. The molecular weight excluding hydrogens is 321 g/mol. The Hall–Kier alpha value is -2.89. The van der Waals surface area contributed by atoms with Gasteiger partial charge in [-0.05, 0) is 25.1 Å². The molecule has 6 heteroatoms.